The van der Waals surface area contributed by atoms with Crippen LogP contribution in [0.1, 0.15) is 5.56 Å². The number of nitrogens with zero attached hydrogens (tertiary/aromatic N) is 1. The van der Waals surface area contributed by atoms with Crippen LogP contribution in [0.15, 0.2) is 30.3 Å². The molecule has 0 radical (unpaired) electrons. The number of hydrogen-bond donors (Lipinski definition) is 2. The average molecular weight is 311 g/mol. The molecule has 2 rings (SSSR count). The van der Waals surface area contributed by atoms with Crippen molar-refractivity contribution in [3.8, 4) is 0 Å². The number of hydrogen-bond acceptors (Lipinski definition) is 5. The van der Waals surface area contributed by atoms with Gasteiger partial charge in [-0.25, -0.2) is 0 Å². The summed E-state index contributed by atoms with van der Waals surface area (Å²) in [6, 6.07) is 9.26. The number of aliphatic hydroxyl groups excluding tert-OH is 1. The predicted octanol–water partition coefficient (Wildman–Crippen LogP) is 1.07. The van der Waals surface area contributed by atoms with Gasteiger partial charge in [0.2, 0.25) is 0 Å². The van der Waals surface area contributed by atoms with E-state index in [4.69, 9.17) is 4.74 Å². The van der Waals surface area contributed by atoms with Gasteiger partial charge in [-0.15, -0.1) is 0 Å². The van der Waals surface area contributed by atoms with Crippen LogP contribution in [0.5, 0.6) is 0 Å². The van der Waals surface area contributed by atoms with Gasteiger partial charge in [-0.2, -0.15) is 11.8 Å². The Bertz CT molecular complexity index is 443. The second-order valence-electron chi connectivity index (χ2n) is 5.08. The summed E-state index contributed by atoms with van der Waals surface area (Å²) in [6.45, 7) is 1.70. The molecular weight excluding hydrogens is 290 g/mol. The standard InChI is InChI=1S/C15H21NO4S/c17-13(10-20-9-12-4-2-1-3-5-12)8-16-6-7-21-11-14(16)15(18)19/h1-5,13-14,17H,6-11H2,(H,18,19). The van der Waals surface area contributed by atoms with Gasteiger partial charge in [0.05, 0.1) is 19.3 Å². The highest BCUT2D eigenvalue weighted by molar-refractivity contribution is 7.99. The van der Waals surface area contributed by atoms with Gasteiger partial charge < -0.3 is 14.9 Å². The van der Waals surface area contributed by atoms with Crippen LogP contribution in [0.2, 0.25) is 0 Å². The summed E-state index contributed by atoms with van der Waals surface area (Å²) in [5, 5.41) is 19.2. The zero-order valence-corrected chi connectivity index (χ0v) is 12.7. The number of ether oxygens (including phenoxy) is 1. The van der Waals surface area contributed by atoms with Crippen molar-refractivity contribution < 1.29 is 19.7 Å². The molecular formula is C15H21NO4S. The van der Waals surface area contributed by atoms with Gasteiger partial charge in [-0.05, 0) is 5.56 Å². The lowest BCUT2D eigenvalue weighted by atomic mass is 10.2. The number of benzene rings is 1. The first-order valence-electron chi connectivity index (χ1n) is 7.01. The Balaban J connectivity index is 1.73. The number of thioether (sulfide) groups is 1. The molecule has 0 aromatic heterocycles. The SMILES string of the molecule is O=C(O)C1CSCCN1CC(O)COCc1ccccc1. The first-order valence-corrected chi connectivity index (χ1v) is 8.16. The monoisotopic (exact) mass is 311 g/mol. The van der Waals surface area contributed by atoms with Crippen molar-refractivity contribution in [1.82, 2.24) is 4.90 Å². The Morgan fingerprint density at radius 1 is 1.43 bits per heavy atom. The smallest absolute Gasteiger partial charge is 0.321 e. The van der Waals surface area contributed by atoms with Crippen LogP contribution >= 0.6 is 11.8 Å². The average Bonchev–Trinajstić information content (AvgIpc) is 2.48. The highest BCUT2D eigenvalue weighted by Crippen LogP contribution is 2.17. The molecule has 2 unspecified atom stereocenters. The van der Waals surface area contributed by atoms with Crippen LogP contribution in [-0.2, 0) is 16.1 Å². The van der Waals surface area contributed by atoms with Crippen LogP contribution in [-0.4, -0.2) is 64.4 Å². The van der Waals surface area contributed by atoms with Crippen molar-refractivity contribution in [3.05, 3.63) is 35.9 Å². The van der Waals surface area contributed by atoms with Gasteiger partial charge in [-0.3, -0.25) is 9.69 Å². The Kier molecular flexibility index (Phi) is 6.50. The molecule has 0 spiro atoms. The molecule has 116 valence electrons. The maximum absolute atomic E-state index is 11.2. The summed E-state index contributed by atoms with van der Waals surface area (Å²) in [5.41, 5.74) is 1.06. The topological polar surface area (TPSA) is 70.0 Å². The fourth-order valence-electron chi connectivity index (χ4n) is 2.29. The summed E-state index contributed by atoms with van der Waals surface area (Å²) in [4.78, 5) is 13.0. The Morgan fingerprint density at radius 2 is 2.19 bits per heavy atom. The van der Waals surface area contributed by atoms with E-state index in [1.807, 2.05) is 35.2 Å². The minimum Gasteiger partial charge on any atom is -0.480 e. The molecule has 0 saturated carbocycles. The maximum Gasteiger partial charge on any atom is 0.321 e. The van der Waals surface area contributed by atoms with Gasteiger partial charge in [0.15, 0.2) is 0 Å². The van der Waals surface area contributed by atoms with E-state index in [0.717, 1.165) is 11.3 Å². The third kappa shape index (κ3) is 5.32. The molecule has 21 heavy (non-hydrogen) atoms. The number of β-amino-alcohol motifs (C(OH)–C–C–N with tert-alkyl or cyclic N) is 1. The zero-order valence-electron chi connectivity index (χ0n) is 11.9. The molecule has 0 aliphatic carbocycles. The molecule has 5 nitrogen and oxygen atoms in total. The first kappa shape index (κ1) is 16.3. The van der Waals surface area contributed by atoms with Crippen molar-refractivity contribution in [3.63, 3.8) is 0 Å². The lowest BCUT2D eigenvalue weighted by Gasteiger charge is -2.33. The van der Waals surface area contributed by atoms with E-state index in [9.17, 15) is 15.0 Å². The number of rotatable bonds is 7. The number of carbonyl (C=O) groups is 1. The highest BCUT2D eigenvalue weighted by atomic mass is 32.2. The van der Waals surface area contributed by atoms with Crippen molar-refractivity contribution in [1.29, 1.82) is 0 Å². The Morgan fingerprint density at radius 3 is 2.90 bits per heavy atom. The minimum absolute atomic E-state index is 0.213. The summed E-state index contributed by atoms with van der Waals surface area (Å²) < 4.78 is 5.49. The number of carboxylic acid groups (broad SMARTS) is 1. The normalized spacial score (nSPS) is 21.1. The second-order valence-corrected chi connectivity index (χ2v) is 6.23. The third-order valence-corrected chi connectivity index (χ3v) is 4.41. The van der Waals surface area contributed by atoms with Crippen LogP contribution in [0, 0.1) is 0 Å². The van der Waals surface area contributed by atoms with E-state index in [1.165, 1.54) is 0 Å². The van der Waals surface area contributed by atoms with Crippen molar-refractivity contribution in [2.45, 2.75) is 18.8 Å². The van der Waals surface area contributed by atoms with E-state index in [2.05, 4.69) is 0 Å². The highest BCUT2D eigenvalue weighted by Gasteiger charge is 2.29. The fraction of sp³-hybridized carbons (Fsp3) is 0.533. The van der Waals surface area contributed by atoms with Gasteiger partial charge >= 0.3 is 5.97 Å². The zero-order chi connectivity index (χ0) is 15.1. The van der Waals surface area contributed by atoms with Gasteiger partial charge in [-0.1, -0.05) is 30.3 Å². The lowest BCUT2D eigenvalue weighted by molar-refractivity contribution is -0.143. The largest absolute Gasteiger partial charge is 0.480 e. The molecule has 1 aromatic carbocycles. The Labute approximate surface area is 128 Å². The van der Waals surface area contributed by atoms with E-state index < -0.39 is 18.1 Å². The summed E-state index contributed by atoms with van der Waals surface area (Å²) in [5.74, 6) is 0.661. The molecule has 1 aliphatic heterocycles. The second kappa shape index (κ2) is 8.38. The Hall–Kier alpha value is -1.08. The van der Waals surface area contributed by atoms with Crippen LogP contribution in [0.3, 0.4) is 0 Å². The van der Waals surface area contributed by atoms with Crippen molar-refractivity contribution in [2.75, 3.05) is 31.2 Å². The lowest BCUT2D eigenvalue weighted by Crippen LogP contribution is -2.50. The minimum atomic E-state index is -0.820. The van der Waals surface area contributed by atoms with Crippen LogP contribution < -0.4 is 0 Å². The predicted molar refractivity (Wildman–Crippen MR) is 82.4 cm³/mol. The summed E-state index contributed by atoms with van der Waals surface area (Å²) in [6.07, 6.45) is -0.668. The third-order valence-electron chi connectivity index (χ3n) is 3.39. The van der Waals surface area contributed by atoms with Crippen LogP contribution in [0.25, 0.3) is 0 Å². The van der Waals surface area contributed by atoms with Crippen molar-refractivity contribution in [2.24, 2.45) is 0 Å². The van der Waals surface area contributed by atoms with E-state index >= 15 is 0 Å². The van der Waals surface area contributed by atoms with E-state index in [1.54, 1.807) is 11.8 Å². The maximum atomic E-state index is 11.2. The molecule has 1 aliphatic rings. The first-order chi connectivity index (χ1) is 10.2. The molecule has 2 atom stereocenters. The molecule has 1 heterocycles. The van der Waals surface area contributed by atoms with Crippen LogP contribution in [0.4, 0.5) is 0 Å². The number of aliphatic hydroxyl groups is 1. The molecule has 1 fully saturated rings. The molecule has 1 saturated heterocycles. The summed E-state index contributed by atoms with van der Waals surface area (Å²) >= 11 is 1.64. The van der Waals surface area contributed by atoms with E-state index in [0.29, 0.717) is 25.4 Å². The van der Waals surface area contributed by atoms with Gasteiger partial charge in [0.1, 0.15) is 6.04 Å². The summed E-state index contributed by atoms with van der Waals surface area (Å²) in [7, 11) is 0. The molecule has 0 bridgehead atoms. The molecule has 2 N–H and O–H groups in total. The fourth-order valence-corrected chi connectivity index (χ4v) is 3.40. The molecule has 1 aromatic rings. The van der Waals surface area contributed by atoms with Gasteiger partial charge in [0, 0.05) is 24.6 Å². The number of carboxylic acids is 1. The van der Waals surface area contributed by atoms with Gasteiger partial charge in [0.25, 0.3) is 0 Å². The van der Waals surface area contributed by atoms with E-state index in [-0.39, 0.29) is 6.61 Å². The molecule has 6 heteroatoms. The molecule has 0 amide bonds. The van der Waals surface area contributed by atoms with Crippen molar-refractivity contribution >= 4 is 17.7 Å². The quantitative estimate of drug-likeness (QED) is 0.785. The number of aliphatic carboxylic acids is 1.